The molecule has 2 aromatic carbocycles. The molecule has 0 saturated carbocycles. The van der Waals surface area contributed by atoms with Gasteiger partial charge in [0, 0.05) is 11.3 Å². The van der Waals surface area contributed by atoms with Crippen molar-refractivity contribution in [3.63, 3.8) is 0 Å². The average Bonchev–Trinajstić information content (AvgIpc) is 2.87. The molecule has 1 unspecified atom stereocenters. The first-order chi connectivity index (χ1) is 10.2. The van der Waals surface area contributed by atoms with E-state index in [1.54, 1.807) is 11.8 Å². The summed E-state index contributed by atoms with van der Waals surface area (Å²) in [5.74, 6) is 0.186. The van der Waals surface area contributed by atoms with Crippen molar-refractivity contribution in [2.45, 2.75) is 24.2 Å². The summed E-state index contributed by atoms with van der Waals surface area (Å²) in [5, 5.41) is 0. The summed E-state index contributed by atoms with van der Waals surface area (Å²) < 4.78 is 0. The van der Waals surface area contributed by atoms with E-state index < -0.39 is 0 Å². The fourth-order valence-electron chi connectivity index (χ4n) is 3.12. The number of carbonyl (C=O) groups excluding carboxylic acids is 1. The highest BCUT2D eigenvalue weighted by atomic mass is 32.2. The van der Waals surface area contributed by atoms with E-state index in [1.807, 2.05) is 0 Å². The van der Waals surface area contributed by atoms with Crippen molar-refractivity contribution in [1.82, 2.24) is 0 Å². The molecule has 0 bridgehead atoms. The van der Waals surface area contributed by atoms with Crippen LogP contribution in [0.25, 0.3) is 11.1 Å². The van der Waals surface area contributed by atoms with E-state index in [0.717, 1.165) is 12.8 Å². The molecule has 1 aliphatic carbocycles. The third kappa shape index (κ3) is 3.13. The van der Waals surface area contributed by atoms with Gasteiger partial charge >= 0.3 is 0 Å². The second-order valence-electron chi connectivity index (χ2n) is 5.66. The molecule has 0 radical (unpaired) electrons. The fraction of sp³-hybridized carbons (Fsp3) is 0.278. The Kier molecular flexibility index (Phi) is 4.02. The summed E-state index contributed by atoms with van der Waals surface area (Å²) in [5.41, 5.74) is 10.6. The molecule has 0 aliphatic heterocycles. The number of carbonyl (C=O) groups is 1. The minimum absolute atomic E-state index is 0.194. The molecule has 0 heterocycles. The second-order valence-corrected chi connectivity index (χ2v) is 6.54. The SMILES string of the molecule is CSc1cccc(-c2ccc3c(c2)CC(CC(N)=O)C3)c1. The molecule has 2 nitrogen and oxygen atoms in total. The Labute approximate surface area is 129 Å². The zero-order valence-corrected chi connectivity index (χ0v) is 13.0. The van der Waals surface area contributed by atoms with Gasteiger partial charge in [0.25, 0.3) is 0 Å². The van der Waals surface area contributed by atoms with Gasteiger partial charge in [-0.25, -0.2) is 0 Å². The molecule has 2 N–H and O–H groups in total. The number of amides is 1. The highest BCUT2D eigenvalue weighted by Gasteiger charge is 2.23. The fourth-order valence-corrected chi connectivity index (χ4v) is 3.58. The lowest BCUT2D eigenvalue weighted by molar-refractivity contribution is -0.118. The Morgan fingerprint density at radius 2 is 1.90 bits per heavy atom. The van der Waals surface area contributed by atoms with Crippen LogP contribution in [-0.4, -0.2) is 12.2 Å². The number of benzene rings is 2. The quantitative estimate of drug-likeness (QED) is 0.875. The number of rotatable bonds is 4. The Balaban J connectivity index is 1.86. The first-order valence-electron chi connectivity index (χ1n) is 7.20. The Morgan fingerprint density at radius 1 is 1.14 bits per heavy atom. The van der Waals surface area contributed by atoms with Crippen LogP contribution in [-0.2, 0) is 17.6 Å². The monoisotopic (exact) mass is 297 g/mol. The maximum atomic E-state index is 11.1. The first-order valence-corrected chi connectivity index (χ1v) is 8.42. The number of primary amides is 1. The normalized spacial score (nSPS) is 16.7. The predicted molar refractivity (Wildman–Crippen MR) is 88.4 cm³/mol. The maximum Gasteiger partial charge on any atom is 0.217 e. The zero-order chi connectivity index (χ0) is 14.8. The summed E-state index contributed by atoms with van der Waals surface area (Å²) in [7, 11) is 0. The molecular weight excluding hydrogens is 278 g/mol. The molecule has 3 heteroatoms. The highest BCUT2D eigenvalue weighted by molar-refractivity contribution is 7.98. The van der Waals surface area contributed by atoms with E-state index in [-0.39, 0.29) is 5.91 Å². The Morgan fingerprint density at radius 3 is 2.67 bits per heavy atom. The smallest absolute Gasteiger partial charge is 0.217 e. The Hall–Kier alpha value is -1.74. The number of hydrogen-bond donors (Lipinski definition) is 1. The predicted octanol–water partition coefficient (Wildman–Crippen LogP) is 3.67. The lowest BCUT2D eigenvalue weighted by atomic mass is 10.0. The van der Waals surface area contributed by atoms with Gasteiger partial charge in [0.2, 0.25) is 5.91 Å². The lowest BCUT2D eigenvalue weighted by Gasteiger charge is -2.06. The molecule has 1 atom stereocenters. The maximum absolute atomic E-state index is 11.1. The summed E-state index contributed by atoms with van der Waals surface area (Å²) in [6.45, 7) is 0. The molecule has 2 aromatic rings. The molecule has 0 saturated heterocycles. The van der Waals surface area contributed by atoms with E-state index in [2.05, 4.69) is 48.7 Å². The van der Waals surface area contributed by atoms with Crippen LogP contribution in [0.3, 0.4) is 0 Å². The minimum atomic E-state index is -0.194. The summed E-state index contributed by atoms with van der Waals surface area (Å²) in [4.78, 5) is 12.4. The number of nitrogens with two attached hydrogens (primary N) is 1. The van der Waals surface area contributed by atoms with Gasteiger partial charge in [-0.3, -0.25) is 4.79 Å². The van der Waals surface area contributed by atoms with Crippen molar-refractivity contribution in [3.8, 4) is 11.1 Å². The number of hydrogen-bond acceptors (Lipinski definition) is 2. The highest BCUT2D eigenvalue weighted by Crippen LogP contribution is 2.33. The first kappa shape index (κ1) is 14.2. The molecular formula is C18H19NOS. The van der Waals surface area contributed by atoms with Crippen molar-refractivity contribution in [2.24, 2.45) is 11.7 Å². The van der Waals surface area contributed by atoms with E-state index in [4.69, 9.17) is 5.73 Å². The van der Waals surface area contributed by atoms with Crippen LogP contribution in [0.2, 0.25) is 0 Å². The van der Waals surface area contributed by atoms with Crippen LogP contribution < -0.4 is 5.73 Å². The van der Waals surface area contributed by atoms with E-state index in [1.165, 1.54) is 27.1 Å². The molecule has 108 valence electrons. The standard InChI is InChI=1S/C18H19NOS/c1-21-17-4-2-3-13(11-17)15-6-5-14-7-12(9-18(19)20)8-16(14)10-15/h2-6,10-12H,7-9H2,1H3,(H2,19,20). The van der Waals surface area contributed by atoms with E-state index in [9.17, 15) is 4.79 Å². The summed E-state index contributed by atoms with van der Waals surface area (Å²) in [6.07, 6.45) is 4.53. The molecule has 3 rings (SSSR count). The van der Waals surface area contributed by atoms with Crippen molar-refractivity contribution in [2.75, 3.05) is 6.26 Å². The average molecular weight is 297 g/mol. The second kappa shape index (κ2) is 5.94. The molecule has 1 aliphatic rings. The van der Waals surface area contributed by atoms with Gasteiger partial charge in [-0.2, -0.15) is 0 Å². The van der Waals surface area contributed by atoms with Crippen molar-refractivity contribution in [3.05, 3.63) is 53.6 Å². The number of thioether (sulfide) groups is 1. The van der Waals surface area contributed by atoms with Gasteiger partial charge in [0.1, 0.15) is 0 Å². The van der Waals surface area contributed by atoms with Crippen molar-refractivity contribution < 1.29 is 4.79 Å². The molecule has 1 amide bonds. The van der Waals surface area contributed by atoms with Gasteiger partial charge in [-0.1, -0.05) is 30.3 Å². The lowest BCUT2D eigenvalue weighted by Crippen LogP contribution is -2.16. The van der Waals surface area contributed by atoms with E-state index >= 15 is 0 Å². The van der Waals surface area contributed by atoms with Crippen molar-refractivity contribution in [1.29, 1.82) is 0 Å². The molecule has 0 spiro atoms. The van der Waals surface area contributed by atoms with Gasteiger partial charge in [0.05, 0.1) is 0 Å². The summed E-state index contributed by atoms with van der Waals surface area (Å²) in [6, 6.07) is 15.3. The van der Waals surface area contributed by atoms with Crippen LogP contribution in [0.4, 0.5) is 0 Å². The van der Waals surface area contributed by atoms with Gasteiger partial charge < -0.3 is 5.73 Å². The molecule has 0 fully saturated rings. The van der Waals surface area contributed by atoms with Crippen LogP contribution in [0, 0.1) is 5.92 Å². The van der Waals surface area contributed by atoms with Crippen LogP contribution in [0.5, 0.6) is 0 Å². The minimum Gasteiger partial charge on any atom is -0.370 e. The van der Waals surface area contributed by atoms with Crippen molar-refractivity contribution >= 4 is 17.7 Å². The van der Waals surface area contributed by atoms with E-state index in [0.29, 0.717) is 12.3 Å². The molecule has 0 aromatic heterocycles. The molecule has 21 heavy (non-hydrogen) atoms. The van der Waals surface area contributed by atoms with Crippen LogP contribution in [0.15, 0.2) is 47.4 Å². The number of fused-ring (bicyclic) bond motifs is 1. The van der Waals surface area contributed by atoms with Gasteiger partial charge in [0.15, 0.2) is 0 Å². The van der Waals surface area contributed by atoms with Gasteiger partial charge in [-0.15, -0.1) is 11.8 Å². The topological polar surface area (TPSA) is 43.1 Å². The third-order valence-electron chi connectivity index (χ3n) is 4.12. The van der Waals surface area contributed by atoms with Crippen LogP contribution in [0.1, 0.15) is 17.5 Å². The van der Waals surface area contributed by atoms with Crippen LogP contribution >= 0.6 is 11.8 Å². The van der Waals surface area contributed by atoms with Gasteiger partial charge in [-0.05, 0) is 59.4 Å². The zero-order valence-electron chi connectivity index (χ0n) is 12.1. The Bertz CT molecular complexity index is 681. The third-order valence-corrected chi connectivity index (χ3v) is 4.84. The summed E-state index contributed by atoms with van der Waals surface area (Å²) >= 11 is 1.76. The largest absolute Gasteiger partial charge is 0.370 e.